The first kappa shape index (κ1) is 15.3. The van der Waals surface area contributed by atoms with E-state index in [1.807, 2.05) is 0 Å². The van der Waals surface area contributed by atoms with Gasteiger partial charge in [0.15, 0.2) is 0 Å². The standard InChI is InChI=1S/C13H11ClN2O4S/c1-15(11-7-3-2-6-10(11)14)21(19)20-13-9-5-4-8-12(13)16(17)18/h2-9H,1H3. The number of rotatable bonds is 5. The van der Waals surface area contributed by atoms with Gasteiger partial charge in [-0.3, -0.25) is 14.4 Å². The largest absolute Gasteiger partial charge is 0.378 e. The van der Waals surface area contributed by atoms with Crippen molar-refractivity contribution in [3.05, 3.63) is 63.7 Å². The van der Waals surface area contributed by atoms with Crippen LogP contribution in [-0.2, 0) is 11.3 Å². The fourth-order valence-corrected chi connectivity index (χ4v) is 2.64. The Hall–Kier alpha value is -2.12. The molecule has 21 heavy (non-hydrogen) atoms. The van der Waals surface area contributed by atoms with Crippen LogP contribution in [0.1, 0.15) is 0 Å². The van der Waals surface area contributed by atoms with Gasteiger partial charge in [-0.1, -0.05) is 35.9 Å². The van der Waals surface area contributed by atoms with E-state index in [4.69, 9.17) is 15.8 Å². The van der Waals surface area contributed by atoms with E-state index >= 15 is 0 Å². The predicted molar refractivity (Wildman–Crippen MR) is 81.7 cm³/mol. The Morgan fingerprint density at radius 1 is 1.19 bits per heavy atom. The van der Waals surface area contributed by atoms with Gasteiger partial charge in [-0.15, -0.1) is 0 Å². The Morgan fingerprint density at radius 3 is 2.48 bits per heavy atom. The molecule has 6 nitrogen and oxygen atoms in total. The highest BCUT2D eigenvalue weighted by molar-refractivity contribution is 7.82. The molecule has 2 rings (SSSR count). The van der Waals surface area contributed by atoms with Gasteiger partial charge >= 0.3 is 17.0 Å². The third kappa shape index (κ3) is 3.50. The fraction of sp³-hybridized carbons (Fsp3) is 0.0769. The summed E-state index contributed by atoms with van der Waals surface area (Å²) in [4.78, 5) is 10.3. The Balaban J connectivity index is 2.23. The van der Waals surface area contributed by atoms with E-state index in [2.05, 4.69) is 0 Å². The lowest BCUT2D eigenvalue weighted by Gasteiger charge is -2.18. The molecule has 2 aromatic carbocycles. The van der Waals surface area contributed by atoms with E-state index in [0.717, 1.165) is 0 Å². The first-order valence-electron chi connectivity index (χ1n) is 5.82. The number of nitrogens with zero attached hydrogens (tertiary/aromatic N) is 2. The summed E-state index contributed by atoms with van der Waals surface area (Å²) in [5.74, 6) is -0.0697. The molecule has 0 aliphatic heterocycles. The number of benzene rings is 2. The van der Waals surface area contributed by atoms with Crippen LogP contribution in [0.2, 0.25) is 5.02 Å². The summed E-state index contributed by atoms with van der Waals surface area (Å²) in [5.41, 5.74) is 0.245. The van der Waals surface area contributed by atoms with Crippen molar-refractivity contribution in [3.8, 4) is 5.75 Å². The molecule has 0 bridgehead atoms. The van der Waals surface area contributed by atoms with Gasteiger partial charge in [0.1, 0.15) is 0 Å². The number of nitro groups is 1. The quantitative estimate of drug-likeness (QED) is 0.624. The minimum atomic E-state index is -1.96. The maximum atomic E-state index is 12.2. The van der Waals surface area contributed by atoms with Crippen molar-refractivity contribution in [3.63, 3.8) is 0 Å². The van der Waals surface area contributed by atoms with Gasteiger partial charge in [-0.2, -0.15) is 4.21 Å². The minimum Gasteiger partial charge on any atom is -0.378 e. The molecule has 0 aliphatic rings. The lowest BCUT2D eigenvalue weighted by Crippen LogP contribution is -2.24. The first-order chi connectivity index (χ1) is 10.0. The number of halogens is 1. The lowest BCUT2D eigenvalue weighted by molar-refractivity contribution is -0.385. The molecule has 0 saturated carbocycles. The van der Waals surface area contributed by atoms with Crippen LogP contribution in [0.5, 0.6) is 5.75 Å². The van der Waals surface area contributed by atoms with Crippen LogP contribution in [-0.4, -0.2) is 16.2 Å². The van der Waals surface area contributed by atoms with Crippen LogP contribution in [0.15, 0.2) is 48.5 Å². The van der Waals surface area contributed by atoms with E-state index in [1.54, 1.807) is 30.3 Å². The summed E-state index contributed by atoms with van der Waals surface area (Å²) in [7, 11) is 1.52. The van der Waals surface area contributed by atoms with Crippen molar-refractivity contribution in [2.45, 2.75) is 0 Å². The second-order valence-corrected chi connectivity index (χ2v) is 5.53. The van der Waals surface area contributed by atoms with Crippen LogP contribution >= 0.6 is 11.6 Å². The molecule has 0 aromatic heterocycles. The topological polar surface area (TPSA) is 72.7 Å². The molecule has 0 heterocycles. The van der Waals surface area contributed by atoms with Crippen molar-refractivity contribution >= 4 is 34.2 Å². The highest BCUT2D eigenvalue weighted by atomic mass is 35.5. The molecule has 0 aliphatic carbocycles. The molecule has 1 atom stereocenters. The molecule has 0 N–H and O–H groups in total. The number of para-hydroxylation sites is 3. The maximum absolute atomic E-state index is 12.2. The van der Waals surface area contributed by atoms with E-state index < -0.39 is 16.2 Å². The molecular formula is C13H11ClN2O4S. The van der Waals surface area contributed by atoms with E-state index in [-0.39, 0.29) is 11.4 Å². The first-order valence-corrected chi connectivity index (χ1v) is 7.23. The number of anilines is 1. The van der Waals surface area contributed by atoms with Gasteiger partial charge in [0, 0.05) is 13.1 Å². The number of nitro benzene ring substituents is 1. The molecule has 8 heteroatoms. The lowest BCUT2D eigenvalue weighted by atomic mass is 10.3. The molecule has 0 saturated heterocycles. The summed E-state index contributed by atoms with van der Waals surface area (Å²) in [6.07, 6.45) is 0. The molecule has 1 unspecified atom stereocenters. The number of hydrogen-bond acceptors (Lipinski definition) is 4. The summed E-state index contributed by atoms with van der Waals surface area (Å²) >= 11 is 4.05. The summed E-state index contributed by atoms with van der Waals surface area (Å²) in [6, 6.07) is 12.5. The van der Waals surface area contributed by atoms with Gasteiger partial charge in [-0.05, 0) is 18.2 Å². The summed E-state index contributed by atoms with van der Waals surface area (Å²) in [6.45, 7) is 0. The Kier molecular flexibility index (Phi) is 4.77. The number of hydrogen-bond donors (Lipinski definition) is 0. The zero-order valence-electron chi connectivity index (χ0n) is 10.9. The highest BCUT2D eigenvalue weighted by Gasteiger charge is 2.20. The van der Waals surface area contributed by atoms with Crippen LogP contribution in [0.4, 0.5) is 11.4 Å². The van der Waals surface area contributed by atoms with Crippen molar-refractivity contribution in [1.29, 1.82) is 0 Å². The fourth-order valence-electron chi connectivity index (χ4n) is 1.60. The Bertz CT molecular complexity index is 695. The highest BCUT2D eigenvalue weighted by Crippen LogP contribution is 2.29. The molecule has 0 spiro atoms. The van der Waals surface area contributed by atoms with Crippen LogP contribution in [0.25, 0.3) is 0 Å². The Morgan fingerprint density at radius 2 is 1.81 bits per heavy atom. The average molecular weight is 327 g/mol. The second kappa shape index (κ2) is 6.55. The third-order valence-electron chi connectivity index (χ3n) is 2.64. The molecule has 0 radical (unpaired) electrons. The van der Waals surface area contributed by atoms with Gasteiger partial charge in [0.05, 0.1) is 15.6 Å². The SMILES string of the molecule is CN(c1ccccc1Cl)S(=O)Oc1ccccc1[N+](=O)[O-]. The van der Waals surface area contributed by atoms with Crippen molar-refractivity contribution in [2.24, 2.45) is 0 Å². The van der Waals surface area contributed by atoms with E-state index in [0.29, 0.717) is 10.7 Å². The molecule has 110 valence electrons. The summed E-state index contributed by atoms with van der Waals surface area (Å²) in [5, 5.41) is 11.3. The van der Waals surface area contributed by atoms with Gasteiger partial charge in [0.25, 0.3) is 0 Å². The van der Waals surface area contributed by atoms with Crippen LogP contribution in [0, 0.1) is 10.1 Å². The monoisotopic (exact) mass is 326 g/mol. The van der Waals surface area contributed by atoms with Crippen LogP contribution in [0.3, 0.4) is 0 Å². The second-order valence-electron chi connectivity index (χ2n) is 3.97. The maximum Gasteiger partial charge on any atom is 0.318 e. The van der Waals surface area contributed by atoms with Gasteiger partial charge in [-0.25, -0.2) is 0 Å². The third-order valence-corrected chi connectivity index (χ3v) is 3.92. The summed E-state index contributed by atoms with van der Waals surface area (Å²) < 4.78 is 18.6. The normalized spacial score (nSPS) is 11.7. The molecule has 2 aromatic rings. The van der Waals surface area contributed by atoms with E-state index in [1.165, 1.54) is 29.6 Å². The predicted octanol–water partition coefficient (Wildman–Crippen LogP) is 3.34. The van der Waals surface area contributed by atoms with Crippen molar-refractivity contribution in [1.82, 2.24) is 0 Å². The van der Waals surface area contributed by atoms with Gasteiger partial charge in [0.2, 0.25) is 5.75 Å². The smallest absolute Gasteiger partial charge is 0.318 e. The average Bonchev–Trinajstić information content (AvgIpc) is 2.47. The van der Waals surface area contributed by atoms with Gasteiger partial charge < -0.3 is 4.18 Å². The zero-order valence-corrected chi connectivity index (χ0v) is 12.5. The minimum absolute atomic E-state index is 0.0697. The molecule has 0 fully saturated rings. The van der Waals surface area contributed by atoms with Crippen molar-refractivity contribution in [2.75, 3.05) is 11.4 Å². The van der Waals surface area contributed by atoms with Crippen molar-refractivity contribution < 1.29 is 13.3 Å². The van der Waals surface area contributed by atoms with E-state index in [9.17, 15) is 14.3 Å². The molecule has 0 amide bonds. The molecular weight excluding hydrogens is 316 g/mol. The Labute approximate surface area is 128 Å². The zero-order chi connectivity index (χ0) is 15.4. The van der Waals surface area contributed by atoms with Crippen LogP contribution < -0.4 is 8.49 Å².